The third-order valence-electron chi connectivity index (χ3n) is 5.43. The molecular formula is C22H24ClN3. The van der Waals surface area contributed by atoms with Crippen LogP contribution in [0.4, 0.5) is 5.69 Å². The van der Waals surface area contributed by atoms with Crippen molar-refractivity contribution in [3.8, 4) is 0 Å². The molecule has 26 heavy (non-hydrogen) atoms. The van der Waals surface area contributed by atoms with Crippen LogP contribution in [0, 0.1) is 13.8 Å². The van der Waals surface area contributed by atoms with E-state index in [1.807, 2.05) is 18.2 Å². The Morgan fingerprint density at radius 3 is 2.54 bits per heavy atom. The van der Waals surface area contributed by atoms with Gasteiger partial charge in [0.25, 0.3) is 0 Å². The van der Waals surface area contributed by atoms with Crippen LogP contribution in [0.5, 0.6) is 0 Å². The zero-order chi connectivity index (χ0) is 18.1. The van der Waals surface area contributed by atoms with E-state index < -0.39 is 0 Å². The van der Waals surface area contributed by atoms with E-state index in [-0.39, 0.29) is 0 Å². The number of aryl methyl sites for hydroxylation is 1. The van der Waals surface area contributed by atoms with Crippen LogP contribution in [0.25, 0.3) is 10.9 Å². The zero-order valence-corrected chi connectivity index (χ0v) is 16.1. The molecule has 0 unspecified atom stereocenters. The van der Waals surface area contributed by atoms with Gasteiger partial charge in [0, 0.05) is 49.4 Å². The first-order valence-electron chi connectivity index (χ1n) is 9.19. The molecule has 1 aliphatic rings. The monoisotopic (exact) mass is 365 g/mol. The van der Waals surface area contributed by atoms with Crippen molar-refractivity contribution >= 4 is 28.2 Å². The number of anilines is 1. The largest absolute Gasteiger partial charge is 0.369 e. The molecule has 0 radical (unpaired) electrons. The average Bonchev–Trinajstić information content (AvgIpc) is 2.65. The van der Waals surface area contributed by atoms with Crippen LogP contribution in [0.2, 0.25) is 5.15 Å². The second-order valence-electron chi connectivity index (χ2n) is 7.11. The maximum absolute atomic E-state index is 6.44. The van der Waals surface area contributed by atoms with E-state index in [1.54, 1.807) is 0 Å². The standard InChI is InChI=1S/C22H24ClN3/c1-16-6-5-9-21(17(16)2)26-12-10-25(11-13-26)15-19-14-18-7-3-4-8-20(18)24-22(19)23/h3-9,14H,10-13,15H2,1-2H3. The minimum atomic E-state index is 0.626. The smallest absolute Gasteiger partial charge is 0.134 e. The molecule has 1 aromatic heterocycles. The fraction of sp³-hybridized carbons (Fsp3) is 0.318. The van der Waals surface area contributed by atoms with E-state index in [0.717, 1.165) is 49.2 Å². The highest BCUT2D eigenvalue weighted by atomic mass is 35.5. The van der Waals surface area contributed by atoms with Gasteiger partial charge in [-0.3, -0.25) is 4.90 Å². The van der Waals surface area contributed by atoms with Gasteiger partial charge in [-0.15, -0.1) is 0 Å². The Bertz CT molecular complexity index is 930. The molecule has 4 heteroatoms. The summed E-state index contributed by atoms with van der Waals surface area (Å²) < 4.78 is 0. The predicted octanol–water partition coefficient (Wildman–Crippen LogP) is 4.83. The molecule has 1 aliphatic heterocycles. The van der Waals surface area contributed by atoms with Crippen LogP contribution < -0.4 is 4.90 Å². The highest BCUT2D eigenvalue weighted by Gasteiger charge is 2.20. The fourth-order valence-electron chi connectivity index (χ4n) is 3.71. The van der Waals surface area contributed by atoms with Crippen molar-refractivity contribution in [3.63, 3.8) is 0 Å². The summed E-state index contributed by atoms with van der Waals surface area (Å²) in [6, 6.07) is 16.9. The molecule has 0 amide bonds. The summed E-state index contributed by atoms with van der Waals surface area (Å²) in [5.74, 6) is 0. The van der Waals surface area contributed by atoms with Crippen molar-refractivity contribution in [2.24, 2.45) is 0 Å². The zero-order valence-electron chi connectivity index (χ0n) is 15.4. The molecular weight excluding hydrogens is 342 g/mol. The maximum Gasteiger partial charge on any atom is 0.134 e. The van der Waals surface area contributed by atoms with Crippen LogP contribution >= 0.6 is 11.6 Å². The Balaban J connectivity index is 1.46. The number of pyridine rings is 1. The number of halogens is 1. The van der Waals surface area contributed by atoms with Gasteiger partial charge >= 0.3 is 0 Å². The van der Waals surface area contributed by atoms with Crippen LogP contribution in [-0.2, 0) is 6.54 Å². The molecule has 0 saturated carbocycles. The van der Waals surface area contributed by atoms with Crippen molar-refractivity contribution in [1.82, 2.24) is 9.88 Å². The number of nitrogens with zero attached hydrogens (tertiary/aromatic N) is 3. The first-order valence-corrected chi connectivity index (χ1v) is 9.57. The summed E-state index contributed by atoms with van der Waals surface area (Å²) in [7, 11) is 0. The first-order chi connectivity index (χ1) is 12.6. The molecule has 0 N–H and O–H groups in total. The molecule has 0 atom stereocenters. The summed E-state index contributed by atoms with van der Waals surface area (Å²) >= 11 is 6.44. The second kappa shape index (κ2) is 7.26. The van der Waals surface area contributed by atoms with Gasteiger partial charge in [-0.1, -0.05) is 41.9 Å². The van der Waals surface area contributed by atoms with E-state index in [4.69, 9.17) is 11.6 Å². The molecule has 2 heterocycles. The van der Waals surface area contributed by atoms with Gasteiger partial charge < -0.3 is 4.90 Å². The highest BCUT2D eigenvalue weighted by molar-refractivity contribution is 6.30. The topological polar surface area (TPSA) is 19.4 Å². The molecule has 0 aliphatic carbocycles. The Morgan fingerprint density at radius 1 is 0.962 bits per heavy atom. The molecule has 1 saturated heterocycles. The first kappa shape index (κ1) is 17.3. The summed E-state index contributed by atoms with van der Waals surface area (Å²) in [5.41, 5.74) is 6.20. The Labute approximate surface area is 160 Å². The number of piperazine rings is 1. The van der Waals surface area contributed by atoms with Crippen LogP contribution in [0.1, 0.15) is 16.7 Å². The molecule has 2 aromatic carbocycles. The van der Waals surface area contributed by atoms with Crippen molar-refractivity contribution in [2.45, 2.75) is 20.4 Å². The molecule has 3 aromatic rings. The Morgan fingerprint density at radius 2 is 1.73 bits per heavy atom. The summed E-state index contributed by atoms with van der Waals surface area (Å²) in [5, 5.41) is 1.78. The quantitative estimate of drug-likeness (QED) is 0.620. The minimum Gasteiger partial charge on any atom is -0.369 e. The van der Waals surface area contributed by atoms with Crippen LogP contribution in [0.15, 0.2) is 48.5 Å². The van der Waals surface area contributed by atoms with Crippen molar-refractivity contribution in [2.75, 3.05) is 31.1 Å². The van der Waals surface area contributed by atoms with Gasteiger partial charge in [-0.25, -0.2) is 4.98 Å². The number of para-hydroxylation sites is 1. The number of benzene rings is 2. The number of hydrogen-bond donors (Lipinski definition) is 0. The molecule has 0 spiro atoms. The maximum atomic E-state index is 6.44. The van der Waals surface area contributed by atoms with Crippen molar-refractivity contribution < 1.29 is 0 Å². The third-order valence-corrected chi connectivity index (χ3v) is 5.76. The lowest BCUT2D eigenvalue weighted by atomic mass is 10.1. The second-order valence-corrected chi connectivity index (χ2v) is 7.47. The summed E-state index contributed by atoms with van der Waals surface area (Å²) in [6.07, 6.45) is 0. The SMILES string of the molecule is Cc1cccc(N2CCN(Cc3cc4ccccc4nc3Cl)CC2)c1C. The van der Waals surface area contributed by atoms with Gasteiger partial charge in [0.05, 0.1) is 5.52 Å². The molecule has 4 rings (SSSR count). The lowest BCUT2D eigenvalue weighted by Crippen LogP contribution is -2.46. The van der Waals surface area contributed by atoms with Crippen molar-refractivity contribution in [1.29, 1.82) is 0 Å². The van der Waals surface area contributed by atoms with Gasteiger partial charge in [0.2, 0.25) is 0 Å². The average molecular weight is 366 g/mol. The van der Waals surface area contributed by atoms with Crippen LogP contribution in [-0.4, -0.2) is 36.1 Å². The van der Waals surface area contributed by atoms with E-state index >= 15 is 0 Å². The molecule has 134 valence electrons. The molecule has 0 bridgehead atoms. The van der Waals surface area contributed by atoms with Crippen LogP contribution in [0.3, 0.4) is 0 Å². The Hall–Kier alpha value is -2.10. The van der Waals surface area contributed by atoms with E-state index in [2.05, 4.69) is 59.0 Å². The van der Waals surface area contributed by atoms with E-state index in [1.165, 1.54) is 16.8 Å². The van der Waals surface area contributed by atoms with Gasteiger partial charge in [-0.05, 0) is 43.2 Å². The third kappa shape index (κ3) is 3.42. The Kier molecular flexibility index (Phi) is 4.84. The summed E-state index contributed by atoms with van der Waals surface area (Å²) in [4.78, 5) is 9.52. The number of rotatable bonds is 3. The number of fused-ring (bicyclic) bond motifs is 1. The highest BCUT2D eigenvalue weighted by Crippen LogP contribution is 2.25. The van der Waals surface area contributed by atoms with Gasteiger partial charge in [0.1, 0.15) is 5.15 Å². The predicted molar refractivity (Wildman–Crippen MR) is 110 cm³/mol. The van der Waals surface area contributed by atoms with E-state index in [0.29, 0.717) is 5.15 Å². The summed E-state index contributed by atoms with van der Waals surface area (Å²) in [6.45, 7) is 9.43. The fourth-order valence-corrected chi connectivity index (χ4v) is 3.92. The minimum absolute atomic E-state index is 0.626. The molecule has 1 fully saturated rings. The number of hydrogen-bond acceptors (Lipinski definition) is 3. The normalized spacial score (nSPS) is 15.6. The molecule has 3 nitrogen and oxygen atoms in total. The van der Waals surface area contributed by atoms with Gasteiger partial charge in [0.15, 0.2) is 0 Å². The van der Waals surface area contributed by atoms with Crippen molar-refractivity contribution in [3.05, 3.63) is 70.4 Å². The van der Waals surface area contributed by atoms with Gasteiger partial charge in [-0.2, -0.15) is 0 Å². The van der Waals surface area contributed by atoms with E-state index in [9.17, 15) is 0 Å². The lowest BCUT2D eigenvalue weighted by Gasteiger charge is -2.37. The lowest BCUT2D eigenvalue weighted by molar-refractivity contribution is 0.249. The number of aromatic nitrogens is 1.